The maximum atomic E-state index is 14.6. The molecule has 0 aliphatic carbocycles. The number of rotatable bonds is 4. The van der Waals surface area contributed by atoms with Crippen molar-refractivity contribution in [2.24, 2.45) is 0 Å². The molecule has 126 valence electrons. The van der Waals surface area contributed by atoms with Crippen LogP contribution in [0.25, 0.3) is 17.0 Å². The van der Waals surface area contributed by atoms with Crippen LogP contribution < -0.4 is 10.5 Å². The number of benzene rings is 1. The third-order valence-corrected chi connectivity index (χ3v) is 3.53. The minimum Gasteiger partial charge on any atom is -0.492 e. The van der Waals surface area contributed by atoms with Gasteiger partial charge >= 0.3 is 5.97 Å². The zero-order valence-corrected chi connectivity index (χ0v) is 14.1. The molecule has 0 bridgehead atoms. The Hall–Kier alpha value is -2.67. The Morgan fingerprint density at radius 3 is 2.54 bits per heavy atom. The van der Waals surface area contributed by atoms with Crippen molar-refractivity contribution in [1.82, 2.24) is 9.97 Å². The Balaban J connectivity index is 2.76. The van der Waals surface area contributed by atoms with Gasteiger partial charge in [-0.1, -0.05) is 18.2 Å². The smallest absolute Gasteiger partial charge is 0.357 e. The Kier molecular flexibility index (Phi) is 5.04. The molecule has 6 nitrogen and oxygen atoms in total. The Morgan fingerprint density at radius 1 is 1.33 bits per heavy atom. The number of halogens is 2. The highest BCUT2D eigenvalue weighted by molar-refractivity contribution is 6.32. The SMILES string of the molecule is C=C(C)c1c(N)nc(-c2ccc(Cl)c(OC)c2F)nc1C(=O)OC. The minimum atomic E-state index is -0.761. The van der Waals surface area contributed by atoms with Crippen LogP contribution >= 0.6 is 11.6 Å². The first kappa shape index (κ1) is 17.7. The molecular weight excluding hydrogens is 337 g/mol. The van der Waals surface area contributed by atoms with E-state index in [1.165, 1.54) is 26.4 Å². The van der Waals surface area contributed by atoms with Crippen LogP contribution in [-0.2, 0) is 4.74 Å². The van der Waals surface area contributed by atoms with E-state index >= 15 is 0 Å². The lowest BCUT2D eigenvalue weighted by Crippen LogP contribution is -2.13. The topological polar surface area (TPSA) is 87.3 Å². The van der Waals surface area contributed by atoms with Gasteiger partial charge in [0.15, 0.2) is 23.1 Å². The summed E-state index contributed by atoms with van der Waals surface area (Å²) in [6.07, 6.45) is 0. The van der Waals surface area contributed by atoms with Gasteiger partial charge in [-0.05, 0) is 24.6 Å². The van der Waals surface area contributed by atoms with Crippen molar-refractivity contribution < 1.29 is 18.7 Å². The molecule has 0 aliphatic rings. The number of methoxy groups -OCH3 is 2. The molecule has 0 saturated carbocycles. The van der Waals surface area contributed by atoms with Gasteiger partial charge in [-0.15, -0.1) is 0 Å². The molecule has 1 aromatic carbocycles. The number of nitrogens with two attached hydrogens (primary N) is 1. The van der Waals surface area contributed by atoms with Crippen molar-refractivity contribution in [2.75, 3.05) is 20.0 Å². The summed E-state index contributed by atoms with van der Waals surface area (Å²) in [6.45, 7) is 5.39. The van der Waals surface area contributed by atoms with E-state index in [0.717, 1.165) is 0 Å². The average molecular weight is 352 g/mol. The average Bonchev–Trinajstić information content (AvgIpc) is 2.53. The van der Waals surface area contributed by atoms with E-state index in [1.807, 2.05) is 0 Å². The van der Waals surface area contributed by atoms with Crippen LogP contribution in [0.3, 0.4) is 0 Å². The molecular formula is C16H15ClFN3O3. The highest BCUT2D eigenvalue weighted by atomic mass is 35.5. The van der Waals surface area contributed by atoms with E-state index < -0.39 is 11.8 Å². The second kappa shape index (κ2) is 6.84. The van der Waals surface area contributed by atoms with E-state index in [1.54, 1.807) is 6.92 Å². The van der Waals surface area contributed by atoms with Crippen molar-refractivity contribution in [1.29, 1.82) is 0 Å². The zero-order valence-electron chi connectivity index (χ0n) is 13.3. The maximum Gasteiger partial charge on any atom is 0.357 e. The first-order valence-corrected chi connectivity index (χ1v) is 7.13. The fraction of sp³-hybridized carbons (Fsp3) is 0.188. The Bertz CT molecular complexity index is 840. The van der Waals surface area contributed by atoms with Gasteiger partial charge in [0.1, 0.15) is 5.82 Å². The van der Waals surface area contributed by atoms with Crippen LogP contribution in [0.1, 0.15) is 23.0 Å². The first-order valence-electron chi connectivity index (χ1n) is 6.75. The molecule has 1 heterocycles. The fourth-order valence-corrected chi connectivity index (χ4v) is 2.38. The molecule has 0 unspecified atom stereocenters. The largest absolute Gasteiger partial charge is 0.492 e. The summed E-state index contributed by atoms with van der Waals surface area (Å²) in [6, 6.07) is 2.80. The summed E-state index contributed by atoms with van der Waals surface area (Å²) in [5, 5.41) is 0.0958. The summed E-state index contributed by atoms with van der Waals surface area (Å²) < 4.78 is 24.2. The number of carbonyl (C=O) groups is 1. The third kappa shape index (κ3) is 3.03. The van der Waals surface area contributed by atoms with Crippen LogP contribution in [0.4, 0.5) is 10.2 Å². The quantitative estimate of drug-likeness (QED) is 0.850. The lowest BCUT2D eigenvalue weighted by Gasteiger charge is -2.13. The van der Waals surface area contributed by atoms with Gasteiger partial charge in [-0.25, -0.2) is 19.2 Å². The van der Waals surface area contributed by atoms with Gasteiger partial charge in [0.05, 0.1) is 30.4 Å². The standard InChI is InChI=1S/C16H15ClFN3O3/c1-7(2)10-12(16(22)24-4)20-15(21-14(10)19)8-5-6-9(17)13(23-3)11(8)18/h5-6H,1H2,2-4H3,(H2,19,20,21). The third-order valence-electron chi connectivity index (χ3n) is 3.24. The lowest BCUT2D eigenvalue weighted by molar-refractivity contribution is 0.0593. The summed E-state index contributed by atoms with van der Waals surface area (Å²) in [4.78, 5) is 20.2. The monoisotopic (exact) mass is 351 g/mol. The maximum absolute atomic E-state index is 14.6. The molecule has 0 radical (unpaired) electrons. The molecule has 24 heavy (non-hydrogen) atoms. The zero-order chi connectivity index (χ0) is 18.0. The number of ether oxygens (including phenoxy) is 2. The highest BCUT2D eigenvalue weighted by Gasteiger charge is 2.23. The van der Waals surface area contributed by atoms with Crippen LogP contribution in [0, 0.1) is 5.82 Å². The predicted octanol–water partition coefficient (Wildman–Crippen LogP) is 3.35. The first-order chi connectivity index (χ1) is 11.3. The van der Waals surface area contributed by atoms with Gasteiger partial charge in [-0.2, -0.15) is 0 Å². The van der Waals surface area contributed by atoms with Gasteiger partial charge in [0, 0.05) is 0 Å². The van der Waals surface area contributed by atoms with E-state index in [4.69, 9.17) is 26.8 Å². The van der Waals surface area contributed by atoms with Crippen LogP contribution in [-0.4, -0.2) is 30.2 Å². The number of carbonyl (C=O) groups excluding carboxylic acids is 1. The summed E-state index contributed by atoms with van der Waals surface area (Å²) in [5.41, 5.74) is 6.53. The van der Waals surface area contributed by atoms with Crippen LogP contribution in [0.2, 0.25) is 5.02 Å². The van der Waals surface area contributed by atoms with Crippen LogP contribution in [0.15, 0.2) is 18.7 Å². The predicted molar refractivity (Wildman–Crippen MR) is 89.4 cm³/mol. The molecule has 0 amide bonds. The van der Waals surface area contributed by atoms with Gasteiger partial charge in [0.2, 0.25) is 0 Å². The Labute approximate surface area is 143 Å². The van der Waals surface area contributed by atoms with Gasteiger partial charge in [-0.3, -0.25) is 0 Å². The molecule has 0 atom stereocenters. The molecule has 1 aromatic heterocycles. The van der Waals surface area contributed by atoms with E-state index in [2.05, 4.69) is 16.5 Å². The summed E-state index contributed by atoms with van der Waals surface area (Å²) >= 11 is 5.88. The lowest BCUT2D eigenvalue weighted by atomic mass is 10.1. The number of nitrogen functional groups attached to an aromatic ring is 1. The molecule has 2 N–H and O–H groups in total. The van der Waals surface area contributed by atoms with E-state index in [-0.39, 0.29) is 39.2 Å². The Morgan fingerprint density at radius 2 is 2.00 bits per heavy atom. The number of esters is 1. The van der Waals surface area contributed by atoms with Gasteiger partial charge < -0.3 is 15.2 Å². The fourth-order valence-electron chi connectivity index (χ4n) is 2.16. The van der Waals surface area contributed by atoms with Crippen molar-refractivity contribution in [3.05, 3.63) is 40.8 Å². The number of anilines is 1. The normalized spacial score (nSPS) is 10.4. The van der Waals surface area contributed by atoms with Crippen molar-refractivity contribution in [2.45, 2.75) is 6.92 Å². The number of hydrogen-bond donors (Lipinski definition) is 1. The molecule has 8 heteroatoms. The number of hydrogen-bond acceptors (Lipinski definition) is 6. The van der Waals surface area contributed by atoms with E-state index in [0.29, 0.717) is 5.57 Å². The highest BCUT2D eigenvalue weighted by Crippen LogP contribution is 2.35. The number of aromatic nitrogens is 2. The van der Waals surface area contributed by atoms with Gasteiger partial charge in [0.25, 0.3) is 0 Å². The molecule has 0 saturated heterocycles. The van der Waals surface area contributed by atoms with Crippen molar-refractivity contribution >= 4 is 29.0 Å². The van der Waals surface area contributed by atoms with Crippen LogP contribution in [0.5, 0.6) is 5.75 Å². The second-order valence-electron chi connectivity index (χ2n) is 4.87. The minimum absolute atomic E-state index is 0.0126. The molecule has 0 fully saturated rings. The molecule has 0 aliphatic heterocycles. The second-order valence-corrected chi connectivity index (χ2v) is 5.28. The molecule has 2 aromatic rings. The van der Waals surface area contributed by atoms with E-state index in [9.17, 15) is 9.18 Å². The van der Waals surface area contributed by atoms with Crippen molar-refractivity contribution in [3.63, 3.8) is 0 Å². The number of nitrogens with zero attached hydrogens (tertiary/aromatic N) is 2. The molecule has 2 rings (SSSR count). The number of allylic oxidation sites excluding steroid dienone is 1. The summed E-state index contributed by atoms with van der Waals surface area (Å²) in [5.74, 6) is -1.75. The summed E-state index contributed by atoms with van der Waals surface area (Å²) in [7, 11) is 2.49. The van der Waals surface area contributed by atoms with Crippen molar-refractivity contribution in [3.8, 4) is 17.1 Å². The molecule has 0 spiro atoms.